The number of nitrogens with two attached hydrogens (primary N) is 1. The molecule has 0 saturated carbocycles. The van der Waals surface area contributed by atoms with Gasteiger partial charge in [-0.1, -0.05) is 0 Å². The molecule has 256 valence electrons. The van der Waals surface area contributed by atoms with Gasteiger partial charge in [0, 0.05) is 13.5 Å². The SMILES string of the molecule is CC(=O)NC(CCCCN)C(=O)NCC(=O)NCCOCCOCCOCCOCCC(=O)Oc1c(F)c(F)c(F)c(F)c1F. The van der Waals surface area contributed by atoms with Crippen molar-refractivity contribution < 1.29 is 64.8 Å². The number of benzene rings is 1. The second-order valence-corrected chi connectivity index (χ2v) is 9.18. The summed E-state index contributed by atoms with van der Waals surface area (Å²) in [5.74, 6) is -15.5. The van der Waals surface area contributed by atoms with E-state index in [1.807, 2.05) is 0 Å². The van der Waals surface area contributed by atoms with E-state index in [1.165, 1.54) is 6.92 Å². The molecule has 0 heterocycles. The highest BCUT2D eigenvalue weighted by molar-refractivity contribution is 5.90. The van der Waals surface area contributed by atoms with Crippen molar-refractivity contribution in [2.24, 2.45) is 5.73 Å². The van der Waals surface area contributed by atoms with E-state index in [9.17, 15) is 41.1 Å². The van der Waals surface area contributed by atoms with Gasteiger partial charge < -0.3 is 45.4 Å². The minimum Gasteiger partial charge on any atom is -0.420 e. The van der Waals surface area contributed by atoms with Gasteiger partial charge in [0.25, 0.3) is 0 Å². The van der Waals surface area contributed by atoms with Crippen molar-refractivity contribution >= 4 is 23.7 Å². The number of nitrogens with one attached hydrogen (secondary N) is 3. The van der Waals surface area contributed by atoms with E-state index in [4.69, 9.17) is 24.7 Å². The smallest absolute Gasteiger partial charge is 0.313 e. The van der Waals surface area contributed by atoms with Crippen molar-refractivity contribution in [3.05, 3.63) is 29.1 Å². The van der Waals surface area contributed by atoms with Crippen LogP contribution in [0.5, 0.6) is 5.75 Å². The maximum atomic E-state index is 13.5. The molecule has 3 amide bonds. The number of halogens is 5. The van der Waals surface area contributed by atoms with Crippen LogP contribution in [-0.4, -0.2) is 102 Å². The summed E-state index contributed by atoms with van der Waals surface area (Å²) >= 11 is 0. The molecule has 0 aliphatic carbocycles. The Morgan fingerprint density at radius 2 is 1.22 bits per heavy atom. The molecule has 1 unspecified atom stereocenters. The third-order valence-corrected chi connectivity index (χ3v) is 5.58. The monoisotopic (exact) mass is 658 g/mol. The summed E-state index contributed by atoms with van der Waals surface area (Å²) in [7, 11) is 0. The van der Waals surface area contributed by atoms with Crippen LogP contribution in [-0.2, 0) is 38.1 Å². The highest BCUT2D eigenvalue weighted by Gasteiger charge is 2.28. The molecule has 0 radical (unpaired) electrons. The molecule has 0 saturated heterocycles. The molecule has 18 heteroatoms. The van der Waals surface area contributed by atoms with Crippen LogP contribution < -0.4 is 26.4 Å². The zero-order chi connectivity index (χ0) is 33.6. The van der Waals surface area contributed by atoms with Crippen LogP contribution in [0.1, 0.15) is 32.6 Å². The average Bonchev–Trinajstić information content (AvgIpc) is 3.01. The van der Waals surface area contributed by atoms with Gasteiger partial charge in [0.1, 0.15) is 6.04 Å². The minimum absolute atomic E-state index is 0.0407. The molecular formula is C27H39F5N4O9. The van der Waals surface area contributed by atoms with Crippen LogP contribution in [0.2, 0.25) is 0 Å². The van der Waals surface area contributed by atoms with Crippen molar-refractivity contribution in [1.29, 1.82) is 0 Å². The Kier molecular flexibility index (Phi) is 20.2. The van der Waals surface area contributed by atoms with Gasteiger partial charge in [-0.05, 0) is 25.8 Å². The van der Waals surface area contributed by atoms with Crippen LogP contribution in [0.15, 0.2) is 0 Å². The van der Waals surface area contributed by atoms with Gasteiger partial charge in [0.05, 0.1) is 65.8 Å². The molecule has 1 atom stereocenters. The molecule has 0 aromatic heterocycles. The lowest BCUT2D eigenvalue weighted by Crippen LogP contribution is -2.48. The number of carbonyl (C=O) groups is 4. The molecule has 0 aliphatic heterocycles. The summed E-state index contributed by atoms with van der Waals surface area (Å²) in [5.41, 5.74) is 5.44. The van der Waals surface area contributed by atoms with E-state index in [2.05, 4.69) is 20.7 Å². The van der Waals surface area contributed by atoms with Crippen LogP contribution in [0.3, 0.4) is 0 Å². The molecule has 0 bridgehead atoms. The number of rotatable bonds is 24. The van der Waals surface area contributed by atoms with E-state index in [1.54, 1.807) is 0 Å². The molecule has 13 nitrogen and oxygen atoms in total. The number of amides is 3. The Morgan fingerprint density at radius 1 is 0.711 bits per heavy atom. The maximum Gasteiger partial charge on any atom is 0.313 e. The standard InChI is InChI=1S/C27H39F5N4O9/c1-17(37)36-18(4-2-3-6-33)27(40)35-16-19(38)34-7-9-42-11-13-44-15-14-43-12-10-41-8-5-20(39)45-26-24(31)22(29)21(28)23(30)25(26)32/h18H,2-16,33H2,1H3,(H,34,38)(H,35,40)(H,36,37). The number of hydrogen-bond acceptors (Lipinski definition) is 10. The number of unbranched alkanes of at least 4 members (excludes halogenated alkanes) is 1. The number of hydrogen-bond donors (Lipinski definition) is 4. The van der Waals surface area contributed by atoms with Gasteiger partial charge in [-0.15, -0.1) is 0 Å². The quantitative estimate of drug-likeness (QED) is 0.0308. The Hall–Kier alpha value is -3.45. The lowest BCUT2D eigenvalue weighted by molar-refractivity contribution is -0.136. The van der Waals surface area contributed by atoms with Crippen molar-refractivity contribution in [3.63, 3.8) is 0 Å². The summed E-state index contributed by atoms with van der Waals surface area (Å²) < 4.78 is 91.5. The Bertz CT molecular complexity index is 1070. The summed E-state index contributed by atoms with van der Waals surface area (Å²) in [4.78, 5) is 47.1. The van der Waals surface area contributed by atoms with E-state index in [0.717, 1.165) is 0 Å². The first-order valence-corrected chi connectivity index (χ1v) is 14.0. The first-order valence-electron chi connectivity index (χ1n) is 14.0. The lowest BCUT2D eigenvalue weighted by atomic mass is 10.1. The molecule has 5 N–H and O–H groups in total. The summed E-state index contributed by atoms with van der Waals surface area (Å²) in [6.45, 7) is 2.79. The molecule has 0 aliphatic rings. The topological polar surface area (TPSA) is 177 Å². The van der Waals surface area contributed by atoms with Gasteiger partial charge in [-0.25, -0.2) is 13.2 Å². The number of ether oxygens (including phenoxy) is 5. The second kappa shape index (κ2) is 23.0. The van der Waals surface area contributed by atoms with Gasteiger partial charge >= 0.3 is 5.97 Å². The Morgan fingerprint density at radius 3 is 1.76 bits per heavy atom. The summed E-state index contributed by atoms with van der Waals surface area (Å²) in [6.07, 6.45) is 1.26. The van der Waals surface area contributed by atoms with E-state index in [-0.39, 0.29) is 71.9 Å². The van der Waals surface area contributed by atoms with Crippen molar-refractivity contribution in [2.75, 3.05) is 72.5 Å². The van der Waals surface area contributed by atoms with Crippen LogP contribution in [0.4, 0.5) is 22.0 Å². The van der Waals surface area contributed by atoms with Gasteiger partial charge in [0.15, 0.2) is 0 Å². The van der Waals surface area contributed by atoms with Crippen molar-refractivity contribution in [1.82, 2.24) is 16.0 Å². The zero-order valence-corrected chi connectivity index (χ0v) is 24.8. The molecule has 0 fully saturated rings. The van der Waals surface area contributed by atoms with E-state index < -0.39 is 65.1 Å². The highest BCUT2D eigenvalue weighted by Crippen LogP contribution is 2.29. The molecule has 45 heavy (non-hydrogen) atoms. The first kappa shape index (κ1) is 39.6. The van der Waals surface area contributed by atoms with Crippen molar-refractivity contribution in [3.8, 4) is 5.75 Å². The molecule has 1 rings (SSSR count). The average molecular weight is 659 g/mol. The third kappa shape index (κ3) is 16.4. The molecule has 1 aromatic rings. The van der Waals surface area contributed by atoms with Crippen LogP contribution in [0.25, 0.3) is 0 Å². The normalized spacial score (nSPS) is 11.6. The fourth-order valence-corrected chi connectivity index (χ4v) is 3.38. The van der Waals surface area contributed by atoms with E-state index >= 15 is 0 Å². The van der Waals surface area contributed by atoms with Gasteiger partial charge in [-0.3, -0.25) is 19.2 Å². The predicted molar refractivity (Wildman–Crippen MR) is 146 cm³/mol. The van der Waals surface area contributed by atoms with Gasteiger partial charge in [0.2, 0.25) is 52.6 Å². The Balaban J connectivity index is 2.00. The van der Waals surface area contributed by atoms with Crippen LogP contribution >= 0.6 is 0 Å². The Labute approximate surface area is 256 Å². The zero-order valence-electron chi connectivity index (χ0n) is 24.8. The van der Waals surface area contributed by atoms with E-state index in [0.29, 0.717) is 25.8 Å². The van der Waals surface area contributed by atoms with Gasteiger partial charge in [-0.2, -0.15) is 8.78 Å². The second-order valence-electron chi connectivity index (χ2n) is 9.18. The predicted octanol–water partition coefficient (Wildman–Crippen LogP) is 0.610. The summed E-state index contributed by atoms with van der Waals surface area (Å²) in [6, 6.07) is -0.740. The molecule has 1 aromatic carbocycles. The minimum atomic E-state index is -2.36. The van der Waals surface area contributed by atoms with Crippen molar-refractivity contribution in [2.45, 2.75) is 38.6 Å². The highest BCUT2D eigenvalue weighted by atomic mass is 19.2. The largest absolute Gasteiger partial charge is 0.420 e. The first-order chi connectivity index (χ1) is 21.5. The number of carbonyl (C=O) groups excluding carboxylic acids is 4. The molecular weight excluding hydrogens is 619 g/mol. The molecule has 0 spiro atoms. The lowest BCUT2D eigenvalue weighted by Gasteiger charge is -2.17. The third-order valence-electron chi connectivity index (χ3n) is 5.58. The van der Waals surface area contributed by atoms with Crippen LogP contribution in [0, 0.1) is 29.1 Å². The fourth-order valence-electron chi connectivity index (χ4n) is 3.38. The maximum absolute atomic E-state index is 13.5. The fraction of sp³-hybridized carbons (Fsp3) is 0.630. The number of esters is 1. The summed E-state index contributed by atoms with van der Waals surface area (Å²) in [5, 5.41) is 7.62.